The van der Waals surface area contributed by atoms with E-state index < -0.39 is 0 Å². The van der Waals surface area contributed by atoms with Crippen molar-refractivity contribution in [2.45, 2.75) is 38.6 Å². The van der Waals surface area contributed by atoms with Gasteiger partial charge in [0.25, 0.3) is 0 Å². The Hall–Kier alpha value is -0.770. The molecule has 1 N–H and O–H groups in total. The molecular formula is C16H22Cl2N2O. The van der Waals surface area contributed by atoms with Crippen LogP contribution in [-0.2, 0) is 11.2 Å². The van der Waals surface area contributed by atoms with Crippen molar-refractivity contribution in [2.24, 2.45) is 0 Å². The number of hydrogen-bond acceptors (Lipinski definition) is 2. The van der Waals surface area contributed by atoms with E-state index in [2.05, 4.69) is 17.1 Å². The molecule has 0 saturated carbocycles. The summed E-state index contributed by atoms with van der Waals surface area (Å²) in [7, 11) is 0. The average molecular weight is 329 g/mol. The Balaban J connectivity index is 1.78. The molecule has 1 fully saturated rings. The lowest BCUT2D eigenvalue weighted by Crippen LogP contribution is -2.45. The quantitative estimate of drug-likeness (QED) is 0.896. The van der Waals surface area contributed by atoms with Gasteiger partial charge in [-0.1, -0.05) is 36.2 Å². The van der Waals surface area contributed by atoms with Crippen molar-refractivity contribution in [2.75, 3.05) is 19.6 Å². The van der Waals surface area contributed by atoms with Crippen molar-refractivity contribution in [1.29, 1.82) is 0 Å². The number of halogens is 2. The molecule has 1 saturated heterocycles. The third kappa shape index (κ3) is 5.17. The predicted molar refractivity (Wildman–Crippen MR) is 88.1 cm³/mol. The van der Waals surface area contributed by atoms with Crippen LogP contribution in [0.2, 0.25) is 10.0 Å². The Morgan fingerprint density at radius 1 is 1.29 bits per heavy atom. The highest BCUT2D eigenvalue weighted by Crippen LogP contribution is 2.22. The van der Waals surface area contributed by atoms with E-state index in [1.165, 1.54) is 6.42 Å². The fourth-order valence-corrected chi connectivity index (χ4v) is 3.05. The first kappa shape index (κ1) is 16.6. The van der Waals surface area contributed by atoms with Gasteiger partial charge >= 0.3 is 0 Å². The topological polar surface area (TPSA) is 32.3 Å². The number of rotatable bonds is 5. The van der Waals surface area contributed by atoms with Gasteiger partial charge in [0, 0.05) is 19.1 Å². The molecule has 21 heavy (non-hydrogen) atoms. The molecule has 1 aliphatic heterocycles. The van der Waals surface area contributed by atoms with Gasteiger partial charge in [0.2, 0.25) is 5.91 Å². The molecule has 5 heteroatoms. The van der Waals surface area contributed by atoms with E-state index in [1.807, 2.05) is 6.07 Å². The Labute approximate surface area is 136 Å². The monoisotopic (exact) mass is 328 g/mol. The lowest BCUT2D eigenvalue weighted by molar-refractivity contribution is -0.121. The predicted octanol–water partition coefficient (Wildman–Crippen LogP) is 3.53. The second kappa shape index (κ2) is 8.02. The number of hydrogen-bond donors (Lipinski definition) is 1. The standard InChI is InChI=1S/C16H22Cl2N2O/c1-2-7-20-8-5-13(6-9-20)19-16(21)11-12-3-4-14(17)15(18)10-12/h3-4,10,13H,2,5-9,11H2,1H3,(H,19,21). The maximum atomic E-state index is 12.1. The molecule has 1 aromatic rings. The summed E-state index contributed by atoms with van der Waals surface area (Å²) in [5.74, 6) is 0.0577. The first-order valence-electron chi connectivity index (χ1n) is 7.54. The van der Waals surface area contributed by atoms with Crippen molar-refractivity contribution in [1.82, 2.24) is 10.2 Å². The molecule has 0 spiro atoms. The van der Waals surface area contributed by atoms with Crippen molar-refractivity contribution in [3.05, 3.63) is 33.8 Å². The van der Waals surface area contributed by atoms with E-state index in [-0.39, 0.29) is 5.91 Å². The van der Waals surface area contributed by atoms with E-state index >= 15 is 0 Å². The highest BCUT2D eigenvalue weighted by atomic mass is 35.5. The smallest absolute Gasteiger partial charge is 0.224 e. The Bertz CT molecular complexity index is 485. The van der Waals surface area contributed by atoms with Crippen LogP contribution < -0.4 is 5.32 Å². The van der Waals surface area contributed by atoms with E-state index in [0.717, 1.165) is 38.0 Å². The summed E-state index contributed by atoms with van der Waals surface area (Å²) >= 11 is 11.8. The molecule has 0 aromatic heterocycles. The highest BCUT2D eigenvalue weighted by molar-refractivity contribution is 6.42. The molecule has 0 aliphatic carbocycles. The number of nitrogens with one attached hydrogen (secondary N) is 1. The van der Waals surface area contributed by atoms with Crippen molar-refractivity contribution >= 4 is 29.1 Å². The van der Waals surface area contributed by atoms with E-state index in [9.17, 15) is 4.79 Å². The Kier molecular flexibility index (Phi) is 6.34. The highest BCUT2D eigenvalue weighted by Gasteiger charge is 2.20. The summed E-state index contributed by atoms with van der Waals surface area (Å²) in [6.07, 6.45) is 3.61. The zero-order valence-electron chi connectivity index (χ0n) is 12.4. The van der Waals surface area contributed by atoms with Gasteiger partial charge in [-0.25, -0.2) is 0 Å². The summed E-state index contributed by atoms with van der Waals surface area (Å²) in [4.78, 5) is 14.5. The van der Waals surface area contributed by atoms with Gasteiger partial charge in [0.15, 0.2) is 0 Å². The minimum atomic E-state index is 0.0577. The average Bonchev–Trinajstić information content (AvgIpc) is 2.45. The lowest BCUT2D eigenvalue weighted by Gasteiger charge is -2.32. The summed E-state index contributed by atoms with van der Waals surface area (Å²) in [5.41, 5.74) is 0.894. The number of benzene rings is 1. The number of nitrogens with zero attached hydrogens (tertiary/aromatic N) is 1. The summed E-state index contributed by atoms with van der Waals surface area (Å²) in [5, 5.41) is 4.14. The molecule has 0 atom stereocenters. The van der Waals surface area contributed by atoms with Gasteiger partial charge < -0.3 is 10.2 Å². The van der Waals surface area contributed by atoms with Gasteiger partial charge in [-0.15, -0.1) is 0 Å². The number of carbonyl (C=O) groups excluding carboxylic acids is 1. The van der Waals surface area contributed by atoms with E-state index in [4.69, 9.17) is 23.2 Å². The minimum Gasteiger partial charge on any atom is -0.353 e. The van der Waals surface area contributed by atoms with Crippen LogP contribution in [0.15, 0.2) is 18.2 Å². The normalized spacial score (nSPS) is 16.9. The third-order valence-electron chi connectivity index (χ3n) is 3.84. The zero-order valence-corrected chi connectivity index (χ0v) is 13.9. The number of amides is 1. The molecule has 1 heterocycles. The molecule has 0 radical (unpaired) electrons. The lowest BCUT2D eigenvalue weighted by atomic mass is 10.0. The van der Waals surface area contributed by atoms with Gasteiger partial charge in [0.1, 0.15) is 0 Å². The number of piperidine rings is 1. The molecule has 1 amide bonds. The second-order valence-corrected chi connectivity index (χ2v) is 6.42. The summed E-state index contributed by atoms with van der Waals surface area (Å²) in [6.45, 7) is 5.51. The maximum absolute atomic E-state index is 12.1. The zero-order chi connectivity index (χ0) is 15.2. The molecule has 2 rings (SSSR count). The number of carbonyl (C=O) groups is 1. The molecule has 0 unspecified atom stereocenters. The molecule has 1 aliphatic rings. The third-order valence-corrected chi connectivity index (χ3v) is 4.58. The van der Waals surface area contributed by atoms with Crippen LogP contribution in [0.5, 0.6) is 0 Å². The van der Waals surface area contributed by atoms with Crippen LogP contribution in [0, 0.1) is 0 Å². The Morgan fingerprint density at radius 2 is 2.00 bits per heavy atom. The van der Waals surface area contributed by atoms with Crippen LogP contribution in [0.25, 0.3) is 0 Å². The molecule has 3 nitrogen and oxygen atoms in total. The van der Waals surface area contributed by atoms with Gasteiger partial charge in [0.05, 0.1) is 16.5 Å². The van der Waals surface area contributed by atoms with Crippen LogP contribution in [0.4, 0.5) is 0 Å². The first-order valence-corrected chi connectivity index (χ1v) is 8.29. The van der Waals surface area contributed by atoms with Gasteiger partial charge in [-0.05, 0) is 43.5 Å². The van der Waals surface area contributed by atoms with Crippen LogP contribution in [-0.4, -0.2) is 36.5 Å². The summed E-state index contributed by atoms with van der Waals surface area (Å²) in [6, 6.07) is 5.63. The first-order chi connectivity index (χ1) is 10.1. The SMILES string of the molecule is CCCN1CCC(NC(=O)Cc2ccc(Cl)c(Cl)c2)CC1. The van der Waals surface area contributed by atoms with Gasteiger partial charge in [-0.2, -0.15) is 0 Å². The van der Waals surface area contributed by atoms with E-state index in [1.54, 1.807) is 12.1 Å². The molecule has 1 aromatic carbocycles. The van der Waals surface area contributed by atoms with Crippen LogP contribution >= 0.6 is 23.2 Å². The molecule has 0 bridgehead atoms. The molecular weight excluding hydrogens is 307 g/mol. The second-order valence-electron chi connectivity index (χ2n) is 5.61. The molecule has 116 valence electrons. The van der Waals surface area contributed by atoms with Crippen LogP contribution in [0.1, 0.15) is 31.7 Å². The van der Waals surface area contributed by atoms with Crippen molar-refractivity contribution in [3.63, 3.8) is 0 Å². The maximum Gasteiger partial charge on any atom is 0.224 e. The minimum absolute atomic E-state index is 0.0577. The van der Waals surface area contributed by atoms with Crippen molar-refractivity contribution < 1.29 is 4.79 Å². The van der Waals surface area contributed by atoms with Crippen LogP contribution in [0.3, 0.4) is 0 Å². The summed E-state index contributed by atoms with van der Waals surface area (Å²) < 4.78 is 0. The van der Waals surface area contributed by atoms with E-state index in [0.29, 0.717) is 22.5 Å². The Morgan fingerprint density at radius 3 is 2.62 bits per heavy atom. The van der Waals surface area contributed by atoms with Gasteiger partial charge in [-0.3, -0.25) is 4.79 Å². The largest absolute Gasteiger partial charge is 0.353 e. The fraction of sp³-hybridized carbons (Fsp3) is 0.562. The number of likely N-dealkylation sites (tertiary alicyclic amines) is 1. The van der Waals surface area contributed by atoms with Crippen molar-refractivity contribution in [3.8, 4) is 0 Å². The fourth-order valence-electron chi connectivity index (χ4n) is 2.73.